The molecule has 11 nitrogen and oxygen atoms in total. The molecule has 4 aliphatic rings. The van der Waals surface area contributed by atoms with Crippen LogP contribution in [0.25, 0.3) is 12.2 Å². The summed E-state index contributed by atoms with van der Waals surface area (Å²) < 4.78 is 28.2. The molecule has 286 valence electrons. The Labute approximate surface area is 325 Å². The molecule has 0 spiro atoms. The van der Waals surface area contributed by atoms with Crippen molar-refractivity contribution in [3.63, 3.8) is 0 Å². The first-order chi connectivity index (χ1) is 27.2. The third-order valence-corrected chi connectivity index (χ3v) is 11.0. The highest BCUT2D eigenvalue weighted by Crippen LogP contribution is 2.35. The summed E-state index contributed by atoms with van der Waals surface area (Å²) in [6.45, 7) is 3.36. The topological polar surface area (TPSA) is 121 Å². The first-order valence-electron chi connectivity index (χ1n) is 18.7. The summed E-state index contributed by atoms with van der Waals surface area (Å²) in [5, 5.41) is 0. The number of methoxy groups -OCH3 is 2. The second kappa shape index (κ2) is 15.6. The van der Waals surface area contributed by atoms with Crippen molar-refractivity contribution in [2.24, 2.45) is 5.92 Å². The highest BCUT2D eigenvalue weighted by molar-refractivity contribution is 6.08. The predicted octanol–water partition coefficient (Wildman–Crippen LogP) is 6.04. The van der Waals surface area contributed by atoms with Crippen LogP contribution in [0.15, 0.2) is 91.0 Å². The van der Waals surface area contributed by atoms with Gasteiger partial charge in [0.25, 0.3) is 11.8 Å². The first kappa shape index (κ1) is 36.9. The Morgan fingerprint density at radius 1 is 0.679 bits per heavy atom. The predicted molar refractivity (Wildman–Crippen MR) is 210 cm³/mol. The molecule has 0 radical (unpaired) electrons. The number of ketones is 1. The number of fused-ring (bicyclic) bond motifs is 3. The number of anilines is 2. The molecule has 8 rings (SSSR count). The Morgan fingerprint density at radius 2 is 1.29 bits per heavy atom. The lowest BCUT2D eigenvalue weighted by molar-refractivity contribution is -0.147. The number of benzene rings is 4. The van der Waals surface area contributed by atoms with Crippen molar-refractivity contribution in [2.45, 2.75) is 38.1 Å². The summed E-state index contributed by atoms with van der Waals surface area (Å²) >= 11 is 0. The maximum atomic E-state index is 13.3. The zero-order chi connectivity index (χ0) is 38.9. The van der Waals surface area contributed by atoms with Gasteiger partial charge >= 0.3 is 5.97 Å². The number of carbonyl (C=O) groups is 4. The molecule has 4 atom stereocenters. The SMILES string of the molecule is COc1ccc(C(=O)N2CCc3cc(/C=C/C(=O)C4COC5C(OC(=O)/C=C/c6ccc7c(c6)CCN7C(=O)c6ccc(OC)c(C)c6)COC45)ccc32)cc1. The number of ether oxygens (including phenoxy) is 5. The average molecular weight is 755 g/mol. The van der Waals surface area contributed by atoms with Crippen LogP contribution in [-0.2, 0) is 36.6 Å². The summed E-state index contributed by atoms with van der Waals surface area (Å²) in [7, 11) is 3.20. The molecule has 56 heavy (non-hydrogen) atoms. The van der Waals surface area contributed by atoms with Gasteiger partial charge in [0, 0.05) is 41.7 Å². The Morgan fingerprint density at radius 3 is 1.91 bits per heavy atom. The van der Waals surface area contributed by atoms with Crippen LogP contribution in [0.3, 0.4) is 0 Å². The van der Waals surface area contributed by atoms with Crippen molar-refractivity contribution < 1.29 is 42.9 Å². The molecule has 0 aliphatic carbocycles. The summed E-state index contributed by atoms with van der Waals surface area (Å²) in [5.74, 6) is 0.108. The quantitative estimate of drug-likeness (QED) is 0.141. The molecular formula is C45H42N2O9. The summed E-state index contributed by atoms with van der Waals surface area (Å²) in [5.41, 5.74) is 7.54. The molecule has 4 aliphatic heterocycles. The van der Waals surface area contributed by atoms with Crippen LogP contribution in [0.5, 0.6) is 11.5 Å². The van der Waals surface area contributed by atoms with E-state index in [0.717, 1.165) is 51.4 Å². The Bertz CT molecular complexity index is 2260. The fourth-order valence-corrected chi connectivity index (χ4v) is 7.99. The van der Waals surface area contributed by atoms with E-state index in [9.17, 15) is 19.2 Å². The fraction of sp³-hybridized carbons (Fsp3) is 0.289. The van der Waals surface area contributed by atoms with Gasteiger partial charge in [0.15, 0.2) is 11.9 Å². The fourth-order valence-electron chi connectivity index (χ4n) is 7.99. The standard InChI is InChI=1S/C45H42N2O9/c1-27-22-33(10-16-39(27)53-3)45(51)47-21-19-32-24-29(5-14-37(32)47)7-17-41(49)56-40-26-55-42-35(25-54-43(40)42)38(48)15-6-28-4-13-36-31(23-28)18-20-46(36)44(50)30-8-11-34(52-2)12-9-30/h4-17,22-24,35,40,42-43H,18-21,25-26H2,1-3H3/b15-6+,17-7+. The van der Waals surface area contributed by atoms with Crippen molar-refractivity contribution in [1.29, 1.82) is 0 Å². The van der Waals surface area contributed by atoms with E-state index in [4.69, 9.17) is 23.7 Å². The second-order valence-electron chi connectivity index (χ2n) is 14.3. The van der Waals surface area contributed by atoms with E-state index < -0.39 is 30.2 Å². The zero-order valence-electron chi connectivity index (χ0n) is 31.4. The second-order valence-corrected chi connectivity index (χ2v) is 14.3. The van der Waals surface area contributed by atoms with Crippen LogP contribution in [-0.4, -0.2) is 82.4 Å². The van der Waals surface area contributed by atoms with Gasteiger partial charge in [-0.05, 0) is 126 Å². The van der Waals surface area contributed by atoms with Crippen molar-refractivity contribution in [3.05, 3.63) is 130 Å². The summed E-state index contributed by atoms with van der Waals surface area (Å²) in [6.07, 6.45) is 6.11. The van der Waals surface area contributed by atoms with Crippen molar-refractivity contribution in [1.82, 2.24) is 0 Å². The maximum Gasteiger partial charge on any atom is 0.331 e. The van der Waals surface area contributed by atoms with Crippen LogP contribution in [0.2, 0.25) is 0 Å². The first-order valence-corrected chi connectivity index (χ1v) is 18.7. The number of aryl methyl sites for hydroxylation is 1. The van der Waals surface area contributed by atoms with Crippen LogP contribution >= 0.6 is 0 Å². The number of allylic oxidation sites excluding steroid dienone is 1. The minimum atomic E-state index is -0.639. The third-order valence-electron chi connectivity index (χ3n) is 11.0. The molecule has 4 unspecified atom stereocenters. The number of rotatable bonds is 10. The van der Waals surface area contributed by atoms with E-state index in [2.05, 4.69) is 0 Å². The largest absolute Gasteiger partial charge is 0.497 e. The summed E-state index contributed by atoms with van der Waals surface area (Å²) in [6, 6.07) is 24.1. The van der Waals surface area contributed by atoms with E-state index >= 15 is 0 Å². The smallest absolute Gasteiger partial charge is 0.331 e. The van der Waals surface area contributed by atoms with E-state index in [1.807, 2.05) is 49.4 Å². The van der Waals surface area contributed by atoms with Gasteiger partial charge in [0.1, 0.15) is 17.6 Å². The molecule has 4 heterocycles. The lowest BCUT2D eigenvalue weighted by Crippen LogP contribution is -2.34. The van der Waals surface area contributed by atoms with Gasteiger partial charge in [-0.25, -0.2) is 4.79 Å². The Kier molecular flexibility index (Phi) is 10.3. The number of hydrogen-bond donors (Lipinski definition) is 0. The monoisotopic (exact) mass is 754 g/mol. The van der Waals surface area contributed by atoms with Gasteiger partial charge < -0.3 is 33.5 Å². The minimum Gasteiger partial charge on any atom is -0.497 e. The van der Waals surface area contributed by atoms with E-state index in [-0.39, 0.29) is 30.8 Å². The number of esters is 1. The molecule has 0 bridgehead atoms. The highest BCUT2D eigenvalue weighted by atomic mass is 16.6. The Balaban J connectivity index is 0.837. The van der Waals surface area contributed by atoms with E-state index in [0.29, 0.717) is 36.4 Å². The molecule has 2 amide bonds. The van der Waals surface area contributed by atoms with Crippen LogP contribution < -0.4 is 19.3 Å². The van der Waals surface area contributed by atoms with Gasteiger partial charge in [-0.15, -0.1) is 0 Å². The van der Waals surface area contributed by atoms with E-state index in [1.165, 1.54) is 6.08 Å². The molecule has 11 heteroatoms. The zero-order valence-corrected chi connectivity index (χ0v) is 31.4. The lowest BCUT2D eigenvalue weighted by atomic mass is 9.96. The number of amides is 2. The maximum absolute atomic E-state index is 13.3. The van der Waals surface area contributed by atoms with Gasteiger partial charge in [-0.2, -0.15) is 0 Å². The van der Waals surface area contributed by atoms with Crippen molar-refractivity contribution >= 4 is 47.1 Å². The number of carbonyl (C=O) groups excluding carboxylic acids is 4. The van der Waals surface area contributed by atoms with E-state index in [1.54, 1.807) is 78.6 Å². The van der Waals surface area contributed by atoms with Crippen molar-refractivity contribution in [3.8, 4) is 11.5 Å². The summed E-state index contributed by atoms with van der Waals surface area (Å²) in [4.78, 5) is 56.3. The molecular weight excluding hydrogens is 712 g/mol. The van der Waals surface area contributed by atoms with Crippen LogP contribution in [0.1, 0.15) is 48.5 Å². The third kappa shape index (κ3) is 7.23. The molecule has 2 fully saturated rings. The minimum absolute atomic E-state index is 0.0691. The normalized spacial score (nSPS) is 21.0. The lowest BCUT2D eigenvalue weighted by Gasteiger charge is -2.18. The Hall–Kier alpha value is -6.04. The van der Waals surface area contributed by atoms with Gasteiger partial charge in [-0.3, -0.25) is 14.4 Å². The van der Waals surface area contributed by atoms with Crippen LogP contribution in [0.4, 0.5) is 11.4 Å². The number of nitrogens with zero attached hydrogens (tertiary/aromatic N) is 2. The van der Waals surface area contributed by atoms with Crippen molar-refractivity contribution in [2.75, 3.05) is 50.3 Å². The van der Waals surface area contributed by atoms with Gasteiger partial charge in [-0.1, -0.05) is 18.2 Å². The molecule has 4 aromatic rings. The van der Waals surface area contributed by atoms with Crippen LogP contribution in [0, 0.1) is 12.8 Å². The number of hydrogen-bond acceptors (Lipinski definition) is 9. The van der Waals surface area contributed by atoms with Gasteiger partial charge in [0.2, 0.25) is 0 Å². The molecule has 4 aromatic carbocycles. The van der Waals surface area contributed by atoms with Gasteiger partial charge in [0.05, 0.1) is 39.5 Å². The molecule has 2 saturated heterocycles. The molecule has 0 N–H and O–H groups in total. The average Bonchev–Trinajstić information content (AvgIpc) is 4.03. The molecule has 0 saturated carbocycles. The highest BCUT2D eigenvalue weighted by Gasteiger charge is 2.51. The molecule has 0 aromatic heterocycles.